The predicted molar refractivity (Wildman–Crippen MR) is 108 cm³/mol. The molecule has 2 N–H and O–H groups in total. The molecule has 7 nitrogen and oxygen atoms in total. The van der Waals surface area contributed by atoms with Crippen molar-refractivity contribution in [1.82, 2.24) is 30.3 Å². The number of hydrogen-bond donors (Lipinski definition) is 2. The number of carbonyl (C=O) groups is 1. The highest BCUT2D eigenvalue weighted by Gasteiger charge is 2.31. The lowest BCUT2D eigenvalue weighted by Crippen LogP contribution is -2.38. The van der Waals surface area contributed by atoms with Crippen LogP contribution in [0.25, 0.3) is 11.3 Å². The fourth-order valence-electron chi connectivity index (χ4n) is 3.72. The van der Waals surface area contributed by atoms with Gasteiger partial charge in [-0.2, -0.15) is 10.2 Å². The number of nitrogens with zero attached hydrogens (tertiary/aromatic N) is 4. The summed E-state index contributed by atoms with van der Waals surface area (Å²) in [4.78, 5) is 19.4. The molecule has 8 heteroatoms. The molecule has 2 fully saturated rings. The summed E-state index contributed by atoms with van der Waals surface area (Å²) in [6.07, 6.45) is 4.21. The van der Waals surface area contributed by atoms with Crippen LogP contribution in [0.2, 0.25) is 0 Å². The van der Waals surface area contributed by atoms with Gasteiger partial charge >= 0.3 is 0 Å². The van der Waals surface area contributed by atoms with E-state index >= 15 is 0 Å². The second-order valence-electron chi connectivity index (χ2n) is 7.59. The Kier molecular flexibility index (Phi) is 4.50. The molecule has 2 aliphatic rings. The van der Waals surface area contributed by atoms with Gasteiger partial charge in [0.05, 0.1) is 5.69 Å². The molecule has 1 saturated carbocycles. The van der Waals surface area contributed by atoms with Crippen LogP contribution in [0.5, 0.6) is 0 Å². The van der Waals surface area contributed by atoms with Gasteiger partial charge in [-0.05, 0) is 43.9 Å². The maximum absolute atomic E-state index is 12.9. The van der Waals surface area contributed by atoms with Crippen LogP contribution in [0.3, 0.4) is 0 Å². The molecule has 144 valence electrons. The van der Waals surface area contributed by atoms with E-state index in [1.165, 1.54) is 12.8 Å². The molecule has 1 aliphatic carbocycles. The number of likely N-dealkylation sites (tertiary alicyclic amines) is 1. The van der Waals surface area contributed by atoms with Gasteiger partial charge in [0, 0.05) is 35.0 Å². The van der Waals surface area contributed by atoms with Gasteiger partial charge in [0.2, 0.25) is 0 Å². The Bertz CT molecular complexity index is 982. The summed E-state index contributed by atoms with van der Waals surface area (Å²) in [7, 11) is 0. The lowest BCUT2D eigenvalue weighted by molar-refractivity contribution is 0.0705. The van der Waals surface area contributed by atoms with Crippen LogP contribution >= 0.6 is 15.9 Å². The van der Waals surface area contributed by atoms with Crippen molar-refractivity contribution in [2.45, 2.75) is 37.5 Å². The highest BCUT2D eigenvalue weighted by molar-refractivity contribution is 9.10. The van der Waals surface area contributed by atoms with Crippen LogP contribution in [0.4, 0.5) is 0 Å². The summed E-state index contributed by atoms with van der Waals surface area (Å²) in [5.74, 6) is 2.86. The molecule has 28 heavy (non-hydrogen) atoms. The standard InChI is InChI=1S/C20H21BrN6O/c21-15-5-3-12(4-6-15)16-11-17(24-23-16)20(28)27-9-7-14(8-10-27)19-22-18(25-26-19)13-1-2-13/h3-6,11,13-14H,1-2,7-10H2,(H,23,24)(H,22,25,26). The Morgan fingerprint density at radius 3 is 2.46 bits per heavy atom. The zero-order chi connectivity index (χ0) is 19.1. The van der Waals surface area contributed by atoms with Crippen molar-refractivity contribution in [1.29, 1.82) is 0 Å². The lowest BCUT2D eigenvalue weighted by atomic mass is 9.96. The molecule has 3 heterocycles. The second kappa shape index (κ2) is 7.16. The van der Waals surface area contributed by atoms with E-state index in [1.807, 2.05) is 35.2 Å². The van der Waals surface area contributed by atoms with E-state index in [4.69, 9.17) is 0 Å². The Hall–Kier alpha value is -2.48. The summed E-state index contributed by atoms with van der Waals surface area (Å²) in [5, 5.41) is 14.7. The summed E-state index contributed by atoms with van der Waals surface area (Å²) in [5.41, 5.74) is 2.29. The number of aromatic nitrogens is 5. The van der Waals surface area contributed by atoms with Gasteiger partial charge in [0.1, 0.15) is 11.5 Å². The smallest absolute Gasteiger partial charge is 0.271 e. The molecule has 3 aromatic rings. The Labute approximate surface area is 171 Å². The molecule has 0 atom stereocenters. The summed E-state index contributed by atoms with van der Waals surface area (Å²) in [6.45, 7) is 1.44. The molecule has 1 aromatic carbocycles. The van der Waals surface area contributed by atoms with Gasteiger partial charge in [0.15, 0.2) is 5.82 Å². The number of piperidine rings is 1. The molecule has 0 unspecified atom stereocenters. The molecule has 1 saturated heterocycles. The third-order valence-corrected chi connectivity index (χ3v) is 6.11. The first-order valence-corrected chi connectivity index (χ1v) is 10.5. The quantitative estimate of drug-likeness (QED) is 0.644. The number of H-pyrrole nitrogens is 2. The lowest BCUT2D eigenvalue weighted by Gasteiger charge is -2.30. The predicted octanol–water partition coefficient (Wildman–Crippen LogP) is 3.85. The zero-order valence-corrected chi connectivity index (χ0v) is 16.9. The van der Waals surface area contributed by atoms with E-state index in [9.17, 15) is 4.79 Å². The number of hydrogen-bond acceptors (Lipinski definition) is 4. The Morgan fingerprint density at radius 1 is 1.00 bits per heavy atom. The van der Waals surface area contributed by atoms with Crippen molar-refractivity contribution in [3.8, 4) is 11.3 Å². The maximum Gasteiger partial charge on any atom is 0.271 e. The third-order valence-electron chi connectivity index (χ3n) is 5.58. The third kappa shape index (κ3) is 3.48. The Balaban J connectivity index is 1.22. The van der Waals surface area contributed by atoms with Crippen LogP contribution in [-0.2, 0) is 0 Å². The van der Waals surface area contributed by atoms with Gasteiger partial charge in [-0.1, -0.05) is 28.1 Å². The highest BCUT2D eigenvalue weighted by Crippen LogP contribution is 2.38. The molecule has 2 aromatic heterocycles. The fraction of sp³-hybridized carbons (Fsp3) is 0.400. The molecule has 1 amide bonds. The van der Waals surface area contributed by atoms with E-state index in [-0.39, 0.29) is 5.91 Å². The fourth-order valence-corrected chi connectivity index (χ4v) is 3.99. The normalized spacial score (nSPS) is 17.8. The van der Waals surface area contributed by atoms with Gasteiger partial charge in [-0.15, -0.1) is 0 Å². The molecule has 1 aliphatic heterocycles. The number of carbonyl (C=O) groups excluding carboxylic acids is 1. The number of nitrogens with one attached hydrogen (secondary N) is 2. The highest BCUT2D eigenvalue weighted by atomic mass is 79.9. The van der Waals surface area contributed by atoms with Gasteiger partial charge < -0.3 is 4.90 Å². The first-order chi connectivity index (χ1) is 13.7. The average Bonchev–Trinajstić information content (AvgIpc) is 3.26. The van der Waals surface area contributed by atoms with Crippen LogP contribution in [0, 0.1) is 0 Å². The molecule has 0 bridgehead atoms. The van der Waals surface area contributed by atoms with Crippen molar-refractivity contribution in [2.24, 2.45) is 0 Å². The minimum Gasteiger partial charge on any atom is -0.337 e. The molecule has 0 radical (unpaired) electrons. The number of amides is 1. The van der Waals surface area contributed by atoms with Crippen LogP contribution < -0.4 is 0 Å². The van der Waals surface area contributed by atoms with E-state index in [2.05, 4.69) is 41.3 Å². The number of benzene rings is 1. The van der Waals surface area contributed by atoms with Crippen LogP contribution in [-0.4, -0.2) is 49.3 Å². The monoisotopic (exact) mass is 440 g/mol. The van der Waals surface area contributed by atoms with Crippen LogP contribution in [0.1, 0.15) is 59.7 Å². The van der Waals surface area contributed by atoms with Crippen LogP contribution in [0.15, 0.2) is 34.8 Å². The summed E-state index contributed by atoms with van der Waals surface area (Å²) < 4.78 is 1.02. The molecular formula is C20H21BrN6O. The molecule has 5 rings (SSSR count). The first kappa shape index (κ1) is 17.6. The SMILES string of the molecule is O=C(c1cc(-c2ccc(Br)cc2)n[nH]1)N1CCC(c2nc(C3CC3)n[nH]2)CC1. The van der Waals surface area contributed by atoms with Gasteiger partial charge in [0.25, 0.3) is 5.91 Å². The van der Waals surface area contributed by atoms with E-state index in [0.29, 0.717) is 17.5 Å². The van der Waals surface area contributed by atoms with Crippen molar-refractivity contribution < 1.29 is 4.79 Å². The maximum atomic E-state index is 12.9. The Morgan fingerprint density at radius 2 is 1.75 bits per heavy atom. The number of rotatable bonds is 4. The zero-order valence-electron chi connectivity index (χ0n) is 15.4. The van der Waals surface area contributed by atoms with Crippen molar-refractivity contribution in [2.75, 3.05) is 13.1 Å². The van der Waals surface area contributed by atoms with Gasteiger partial charge in [-0.3, -0.25) is 15.0 Å². The molecule has 0 spiro atoms. The average molecular weight is 441 g/mol. The van der Waals surface area contributed by atoms with Crippen molar-refractivity contribution >= 4 is 21.8 Å². The van der Waals surface area contributed by atoms with Gasteiger partial charge in [-0.25, -0.2) is 4.98 Å². The van der Waals surface area contributed by atoms with E-state index in [0.717, 1.165) is 53.3 Å². The summed E-state index contributed by atoms with van der Waals surface area (Å²) in [6, 6.07) is 9.72. The topological polar surface area (TPSA) is 90.6 Å². The molecular weight excluding hydrogens is 420 g/mol. The minimum absolute atomic E-state index is 0.00514. The van der Waals surface area contributed by atoms with E-state index in [1.54, 1.807) is 0 Å². The van der Waals surface area contributed by atoms with Crippen molar-refractivity contribution in [3.63, 3.8) is 0 Å². The largest absolute Gasteiger partial charge is 0.337 e. The first-order valence-electron chi connectivity index (χ1n) is 9.70. The number of aromatic amines is 2. The minimum atomic E-state index is 0.00514. The van der Waals surface area contributed by atoms with Crippen molar-refractivity contribution in [3.05, 3.63) is 52.1 Å². The number of halogens is 1. The van der Waals surface area contributed by atoms with E-state index < -0.39 is 0 Å². The summed E-state index contributed by atoms with van der Waals surface area (Å²) >= 11 is 3.43. The second-order valence-corrected chi connectivity index (χ2v) is 8.51.